The molecule has 0 atom stereocenters. The predicted octanol–water partition coefficient (Wildman–Crippen LogP) is 5.88. The fourth-order valence-corrected chi connectivity index (χ4v) is 4.48. The van der Waals surface area contributed by atoms with Crippen molar-refractivity contribution in [2.75, 3.05) is 13.1 Å². The minimum absolute atomic E-state index is 0.0714. The van der Waals surface area contributed by atoms with Crippen molar-refractivity contribution < 1.29 is 14.0 Å². The highest BCUT2D eigenvalue weighted by Gasteiger charge is 2.24. The number of aryl methyl sites for hydroxylation is 2. The summed E-state index contributed by atoms with van der Waals surface area (Å²) in [4.78, 5) is 43.8. The predicted molar refractivity (Wildman–Crippen MR) is 150 cm³/mol. The highest BCUT2D eigenvalue weighted by Crippen LogP contribution is 2.17. The maximum atomic E-state index is 13.8. The van der Waals surface area contributed by atoms with E-state index in [2.05, 4.69) is 6.92 Å². The van der Waals surface area contributed by atoms with Crippen LogP contribution in [0.15, 0.2) is 88.3 Å². The maximum absolute atomic E-state index is 13.8. The maximum Gasteiger partial charge on any atom is 0.254 e. The number of hydrogen-bond donors (Lipinski definition) is 0. The van der Waals surface area contributed by atoms with Gasteiger partial charge in [-0.2, -0.15) is 0 Å². The van der Waals surface area contributed by atoms with Crippen molar-refractivity contribution in [3.8, 4) is 0 Å². The molecule has 0 fully saturated rings. The zero-order valence-electron chi connectivity index (χ0n) is 22.3. The largest absolute Gasteiger partial charge is 0.464 e. The monoisotopic (exact) mass is 510 g/mol. The Kier molecular flexibility index (Phi) is 8.74. The Hall–Kier alpha value is -4.19. The molecular formula is C32H34N2O4. The number of carbonyl (C=O) groups excluding carboxylic acids is 2. The van der Waals surface area contributed by atoms with Crippen LogP contribution in [0.1, 0.15) is 52.4 Å². The van der Waals surface area contributed by atoms with Gasteiger partial charge in [0, 0.05) is 18.7 Å². The lowest BCUT2D eigenvalue weighted by molar-refractivity contribution is -0.133. The summed E-state index contributed by atoms with van der Waals surface area (Å²) in [5.41, 5.74) is 4.12. The Morgan fingerprint density at radius 2 is 1.61 bits per heavy atom. The van der Waals surface area contributed by atoms with Gasteiger partial charge in [0.1, 0.15) is 12.1 Å². The standard InChI is InChI=1S/C32H34N2O4/c1-4-5-17-33(32(37)27-14-10-9-11-24(27)3)21-30(35)34(19-25-12-7-6-8-13-25)20-26-22-38-29-16-15-23(2)18-28(29)31(26)36/h6-16,18,22H,4-5,17,19-21H2,1-3H3. The topological polar surface area (TPSA) is 70.8 Å². The summed E-state index contributed by atoms with van der Waals surface area (Å²) in [5, 5.41) is 0.494. The summed E-state index contributed by atoms with van der Waals surface area (Å²) in [6, 6.07) is 22.6. The third-order valence-electron chi connectivity index (χ3n) is 6.70. The van der Waals surface area contributed by atoms with Crippen LogP contribution >= 0.6 is 0 Å². The van der Waals surface area contributed by atoms with E-state index in [0.29, 0.717) is 35.2 Å². The lowest BCUT2D eigenvalue weighted by atomic mass is 10.1. The highest BCUT2D eigenvalue weighted by atomic mass is 16.3. The van der Waals surface area contributed by atoms with Crippen LogP contribution < -0.4 is 5.43 Å². The molecule has 38 heavy (non-hydrogen) atoms. The second kappa shape index (κ2) is 12.4. The van der Waals surface area contributed by atoms with Crippen LogP contribution in [-0.2, 0) is 17.9 Å². The molecule has 0 aliphatic carbocycles. The summed E-state index contributed by atoms with van der Waals surface area (Å²) >= 11 is 0. The molecular weight excluding hydrogens is 476 g/mol. The van der Waals surface area contributed by atoms with Crippen LogP contribution in [0.2, 0.25) is 0 Å². The van der Waals surface area contributed by atoms with E-state index in [1.54, 1.807) is 28.0 Å². The average molecular weight is 511 g/mol. The van der Waals surface area contributed by atoms with Gasteiger partial charge in [0.25, 0.3) is 5.91 Å². The number of carbonyl (C=O) groups is 2. The molecule has 0 spiro atoms. The molecule has 1 aromatic heterocycles. The van der Waals surface area contributed by atoms with E-state index in [4.69, 9.17) is 4.42 Å². The molecule has 0 bridgehead atoms. The van der Waals surface area contributed by atoms with Crippen LogP contribution in [0, 0.1) is 13.8 Å². The van der Waals surface area contributed by atoms with Crippen LogP contribution in [0.5, 0.6) is 0 Å². The molecule has 1 heterocycles. The molecule has 0 saturated carbocycles. The number of unbranched alkanes of at least 4 members (excludes halogenated alkanes) is 1. The minimum atomic E-state index is -0.226. The molecule has 0 aliphatic heterocycles. The molecule has 2 amide bonds. The molecule has 0 aliphatic rings. The smallest absolute Gasteiger partial charge is 0.254 e. The first-order valence-corrected chi connectivity index (χ1v) is 13.0. The Labute approximate surface area is 223 Å². The minimum Gasteiger partial charge on any atom is -0.464 e. The van der Waals surface area contributed by atoms with Gasteiger partial charge in [0.05, 0.1) is 23.8 Å². The SMILES string of the molecule is CCCCN(CC(=O)N(Cc1ccccc1)Cc1coc2ccc(C)cc2c1=O)C(=O)c1ccccc1C. The van der Waals surface area contributed by atoms with Crippen molar-refractivity contribution in [1.29, 1.82) is 0 Å². The molecule has 0 saturated heterocycles. The second-order valence-corrected chi connectivity index (χ2v) is 9.72. The van der Waals surface area contributed by atoms with E-state index in [1.165, 1.54) is 6.26 Å². The fraction of sp³-hybridized carbons (Fsp3) is 0.281. The molecule has 196 valence electrons. The van der Waals surface area contributed by atoms with Crippen molar-refractivity contribution in [2.45, 2.75) is 46.7 Å². The van der Waals surface area contributed by atoms with Crippen LogP contribution in [0.4, 0.5) is 0 Å². The number of amides is 2. The van der Waals surface area contributed by atoms with Gasteiger partial charge in [-0.1, -0.05) is 73.5 Å². The van der Waals surface area contributed by atoms with Crippen molar-refractivity contribution in [2.24, 2.45) is 0 Å². The molecule has 4 rings (SSSR count). The van der Waals surface area contributed by atoms with Crippen molar-refractivity contribution in [1.82, 2.24) is 9.80 Å². The van der Waals surface area contributed by atoms with Crippen molar-refractivity contribution in [3.05, 3.63) is 117 Å². The first-order chi connectivity index (χ1) is 18.4. The number of hydrogen-bond acceptors (Lipinski definition) is 4. The summed E-state index contributed by atoms with van der Waals surface area (Å²) in [6.45, 7) is 6.68. The molecule has 3 aromatic carbocycles. The van der Waals surface area contributed by atoms with Crippen LogP contribution in [-0.4, -0.2) is 34.7 Å². The zero-order valence-corrected chi connectivity index (χ0v) is 22.3. The van der Waals surface area contributed by atoms with Gasteiger partial charge in [-0.15, -0.1) is 0 Å². The first-order valence-electron chi connectivity index (χ1n) is 13.0. The first kappa shape index (κ1) is 26.9. The van der Waals surface area contributed by atoms with Gasteiger partial charge in [0.15, 0.2) is 5.43 Å². The zero-order chi connectivity index (χ0) is 27.1. The third-order valence-corrected chi connectivity index (χ3v) is 6.70. The van der Waals surface area contributed by atoms with Crippen LogP contribution in [0.3, 0.4) is 0 Å². The molecule has 6 heteroatoms. The van der Waals surface area contributed by atoms with E-state index in [9.17, 15) is 14.4 Å². The summed E-state index contributed by atoms with van der Waals surface area (Å²) in [6.07, 6.45) is 3.13. The number of nitrogens with zero attached hydrogens (tertiary/aromatic N) is 2. The van der Waals surface area contributed by atoms with Gasteiger partial charge in [0.2, 0.25) is 5.91 Å². The molecule has 0 N–H and O–H groups in total. The van der Waals surface area contributed by atoms with E-state index in [1.807, 2.05) is 68.4 Å². The van der Waals surface area contributed by atoms with Gasteiger partial charge in [-0.25, -0.2) is 0 Å². The number of fused-ring (bicyclic) bond motifs is 1. The van der Waals surface area contributed by atoms with E-state index < -0.39 is 0 Å². The fourth-order valence-electron chi connectivity index (χ4n) is 4.48. The normalized spacial score (nSPS) is 10.9. The summed E-state index contributed by atoms with van der Waals surface area (Å²) in [5.74, 6) is -0.388. The summed E-state index contributed by atoms with van der Waals surface area (Å²) < 4.78 is 5.75. The van der Waals surface area contributed by atoms with Crippen molar-refractivity contribution in [3.63, 3.8) is 0 Å². The van der Waals surface area contributed by atoms with Crippen molar-refractivity contribution >= 4 is 22.8 Å². The molecule has 0 unspecified atom stereocenters. The molecule has 0 radical (unpaired) electrons. The third kappa shape index (κ3) is 6.38. The quantitative estimate of drug-likeness (QED) is 0.267. The summed E-state index contributed by atoms with van der Waals surface area (Å²) in [7, 11) is 0. The lowest BCUT2D eigenvalue weighted by Gasteiger charge is -2.28. The van der Waals surface area contributed by atoms with E-state index >= 15 is 0 Å². The van der Waals surface area contributed by atoms with Gasteiger partial charge >= 0.3 is 0 Å². The van der Waals surface area contributed by atoms with E-state index in [0.717, 1.165) is 29.5 Å². The second-order valence-electron chi connectivity index (χ2n) is 9.72. The Morgan fingerprint density at radius 1 is 0.868 bits per heavy atom. The Balaban J connectivity index is 1.64. The van der Waals surface area contributed by atoms with E-state index in [-0.39, 0.29) is 30.3 Å². The average Bonchev–Trinajstić information content (AvgIpc) is 2.92. The lowest BCUT2D eigenvalue weighted by Crippen LogP contribution is -2.43. The van der Waals surface area contributed by atoms with Gasteiger partial charge in [-0.05, 0) is 49.6 Å². The number of benzene rings is 3. The Morgan fingerprint density at radius 3 is 2.34 bits per heavy atom. The highest BCUT2D eigenvalue weighted by molar-refractivity contribution is 5.97. The van der Waals surface area contributed by atoms with Gasteiger partial charge < -0.3 is 14.2 Å². The number of rotatable bonds is 10. The molecule has 4 aromatic rings. The molecule has 6 nitrogen and oxygen atoms in total. The Bertz CT molecular complexity index is 1480. The van der Waals surface area contributed by atoms with Crippen LogP contribution in [0.25, 0.3) is 11.0 Å². The van der Waals surface area contributed by atoms with Gasteiger partial charge in [-0.3, -0.25) is 14.4 Å².